The van der Waals surface area contributed by atoms with Crippen LogP contribution in [0, 0.1) is 6.92 Å². The van der Waals surface area contributed by atoms with Crippen molar-refractivity contribution in [1.82, 2.24) is 4.90 Å². The van der Waals surface area contributed by atoms with Crippen molar-refractivity contribution in [2.45, 2.75) is 13.3 Å². The summed E-state index contributed by atoms with van der Waals surface area (Å²) < 4.78 is 24.7. The fourth-order valence-corrected chi connectivity index (χ4v) is 1.70. The molecule has 1 aromatic carbocycles. The first-order valence-corrected chi connectivity index (χ1v) is 6.14. The average Bonchev–Trinajstić information content (AvgIpc) is 2.39. The van der Waals surface area contributed by atoms with E-state index in [2.05, 4.69) is 5.32 Å². The molecule has 0 aliphatic heterocycles. The van der Waals surface area contributed by atoms with Gasteiger partial charge in [0.1, 0.15) is 0 Å². The summed E-state index contributed by atoms with van der Waals surface area (Å²) in [5.74, 6) is -1.24. The Kier molecular flexibility index (Phi) is 6.04. The predicted octanol–water partition coefficient (Wildman–Crippen LogP) is 1.78. The molecule has 0 unspecified atom stereocenters. The highest BCUT2D eigenvalue weighted by atomic mass is 19.3. The molecular weight excluding hydrogens is 286 g/mol. The van der Waals surface area contributed by atoms with Gasteiger partial charge in [0, 0.05) is 6.54 Å². The molecular formula is C13H16F2N2O4. The summed E-state index contributed by atoms with van der Waals surface area (Å²) in [5.41, 5.74) is 0.560. The van der Waals surface area contributed by atoms with Crippen LogP contribution in [0.3, 0.4) is 0 Å². The smallest absolute Gasteiger partial charge is 0.337 e. The lowest BCUT2D eigenvalue weighted by atomic mass is 10.1. The molecule has 0 fully saturated rings. The molecule has 0 aliphatic rings. The summed E-state index contributed by atoms with van der Waals surface area (Å²) in [4.78, 5) is 23.7. The molecule has 6 nitrogen and oxygen atoms in total. The first-order chi connectivity index (χ1) is 9.85. The molecule has 21 heavy (non-hydrogen) atoms. The largest absolute Gasteiger partial charge is 0.478 e. The van der Waals surface area contributed by atoms with Crippen LogP contribution in [-0.4, -0.2) is 53.2 Å². The van der Waals surface area contributed by atoms with E-state index >= 15 is 0 Å². The minimum Gasteiger partial charge on any atom is -0.478 e. The van der Waals surface area contributed by atoms with Gasteiger partial charge >= 0.3 is 12.0 Å². The number of amides is 2. The zero-order chi connectivity index (χ0) is 16.0. The second kappa shape index (κ2) is 7.53. The molecule has 0 aromatic heterocycles. The third-order valence-corrected chi connectivity index (χ3v) is 2.66. The summed E-state index contributed by atoms with van der Waals surface area (Å²) in [6.45, 7) is 0.0951. The normalized spacial score (nSPS) is 10.5. The van der Waals surface area contributed by atoms with Crippen molar-refractivity contribution in [3.05, 3.63) is 29.3 Å². The van der Waals surface area contributed by atoms with E-state index in [1.807, 2.05) is 0 Å². The number of halogens is 2. The second-order valence-electron chi connectivity index (χ2n) is 4.35. The third kappa shape index (κ3) is 4.99. The van der Waals surface area contributed by atoms with E-state index in [1.54, 1.807) is 13.0 Å². The average molecular weight is 302 g/mol. The maximum absolute atomic E-state index is 12.4. The SMILES string of the molecule is Cc1ccc(NC(=O)N(CCO)CC(F)F)c(C(=O)O)c1. The summed E-state index contributed by atoms with van der Waals surface area (Å²) in [7, 11) is 0. The van der Waals surface area contributed by atoms with Crippen molar-refractivity contribution in [2.75, 3.05) is 25.0 Å². The highest BCUT2D eigenvalue weighted by molar-refractivity contribution is 6.00. The van der Waals surface area contributed by atoms with Crippen LogP contribution in [0.15, 0.2) is 18.2 Å². The van der Waals surface area contributed by atoms with Gasteiger partial charge in [0.05, 0.1) is 24.4 Å². The lowest BCUT2D eigenvalue weighted by molar-refractivity contribution is 0.0697. The number of rotatable bonds is 6. The molecule has 116 valence electrons. The number of urea groups is 1. The monoisotopic (exact) mass is 302 g/mol. The third-order valence-electron chi connectivity index (χ3n) is 2.66. The topological polar surface area (TPSA) is 89.9 Å². The minimum atomic E-state index is -2.75. The van der Waals surface area contributed by atoms with Gasteiger partial charge in [0.2, 0.25) is 0 Å². The summed E-state index contributed by atoms with van der Waals surface area (Å²) >= 11 is 0. The Labute approximate surface area is 120 Å². The van der Waals surface area contributed by atoms with Gasteiger partial charge in [0.25, 0.3) is 6.43 Å². The Hall–Kier alpha value is -2.22. The van der Waals surface area contributed by atoms with Crippen LogP contribution in [0.5, 0.6) is 0 Å². The van der Waals surface area contributed by atoms with Gasteiger partial charge in [-0.1, -0.05) is 11.6 Å². The number of hydrogen-bond acceptors (Lipinski definition) is 3. The van der Waals surface area contributed by atoms with Gasteiger partial charge in [0.15, 0.2) is 0 Å². The van der Waals surface area contributed by atoms with Crippen molar-refractivity contribution in [3.8, 4) is 0 Å². The van der Waals surface area contributed by atoms with Crippen LogP contribution in [-0.2, 0) is 0 Å². The number of nitrogens with zero attached hydrogens (tertiary/aromatic N) is 1. The molecule has 0 saturated carbocycles. The lowest BCUT2D eigenvalue weighted by Gasteiger charge is -2.22. The van der Waals surface area contributed by atoms with Crippen LogP contribution in [0.2, 0.25) is 0 Å². The highest BCUT2D eigenvalue weighted by Gasteiger charge is 2.20. The maximum atomic E-state index is 12.4. The number of aromatic carboxylic acids is 1. The first kappa shape index (κ1) is 16.8. The van der Waals surface area contributed by atoms with Gasteiger partial charge in [-0.15, -0.1) is 0 Å². The summed E-state index contributed by atoms with van der Waals surface area (Å²) in [5, 5.41) is 20.1. The fourth-order valence-electron chi connectivity index (χ4n) is 1.70. The van der Waals surface area contributed by atoms with E-state index in [-0.39, 0.29) is 17.8 Å². The molecule has 2 amide bonds. The number of aliphatic hydroxyl groups is 1. The van der Waals surface area contributed by atoms with Crippen LogP contribution < -0.4 is 5.32 Å². The van der Waals surface area contributed by atoms with Gasteiger partial charge in [-0.25, -0.2) is 18.4 Å². The van der Waals surface area contributed by atoms with Crippen LogP contribution in [0.1, 0.15) is 15.9 Å². The number of anilines is 1. The number of nitrogens with one attached hydrogen (secondary N) is 1. The van der Waals surface area contributed by atoms with E-state index in [0.29, 0.717) is 5.56 Å². The van der Waals surface area contributed by atoms with Crippen molar-refractivity contribution in [2.24, 2.45) is 0 Å². The van der Waals surface area contributed by atoms with Crippen molar-refractivity contribution in [1.29, 1.82) is 0 Å². The Bertz CT molecular complexity index is 523. The Balaban J connectivity index is 2.92. The molecule has 0 heterocycles. The number of aliphatic hydroxyl groups excluding tert-OH is 1. The number of alkyl halides is 2. The second-order valence-corrected chi connectivity index (χ2v) is 4.35. The molecule has 3 N–H and O–H groups in total. The molecule has 1 aromatic rings. The number of benzene rings is 1. The number of carbonyl (C=O) groups is 2. The molecule has 0 saturated heterocycles. The van der Waals surface area contributed by atoms with Crippen molar-refractivity contribution in [3.63, 3.8) is 0 Å². The summed E-state index contributed by atoms with van der Waals surface area (Å²) in [6.07, 6.45) is -2.75. The van der Waals surface area contributed by atoms with Crippen molar-refractivity contribution >= 4 is 17.7 Å². The minimum absolute atomic E-state index is 0.00954. The standard InChI is InChI=1S/C13H16F2N2O4/c1-8-2-3-10(9(6-8)12(19)20)16-13(21)17(4-5-18)7-11(14)15/h2-3,6,11,18H,4-5,7H2,1H3,(H,16,21)(H,19,20). The lowest BCUT2D eigenvalue weighted by Crippen LogP contribution is -2.40. The van der Waals surface area contributed by atoms with E-state index in [1.165, 1.54) is 12.1 Å². The maximum Gasteiger partial charge on any atom is 0.337 e. The zero-order valence-electron chi connectivity index (χ0n) is 11.3. The van der Waals surface area contributed by atoms with Gasteiger partial charge in [-0.2, -0.15) is 0 Å². The van der Waals surface area contributed by atoms with Gasteiger partial charge < -0.3 is 20.4 Å². The number of carbonyl (C=O) groups excluding carboxylic acids is 1. The summed E-state index contributed by atoms with van der Waals surface area (Å²) in [6, 6.07) is 3.44. The van der Waals surface area contributed by atoms with E-state index < -0.39 is 31.6 Å². The molecule has 0 spiro atoms. The van der Waals surface area contributed by atoms with E-state index in [4.69, 9.17) is 10.2 Å². The van der Waals surface area contributed by atoms with Crippen LogP contribution in [0.25, 0.3) is 0 Å². The Morgan fingerprint density at radius 1 is 1.38 bits per heavy atom. The number of carboxylic acids is 1. The van der Waals surface area contributed by atoms with Gasteiger partial charge in [-0.3, -0.25) is 0 Å². The number of carboxylic acid groups (broad SMARTS) is 1. The molecule has 0 aliphatic carbocycles. The zero-order valence-corrected chi connectivity index (χ0v) is 11.3. The van der Waals surface area contributed by atoms with E-state index in [9.17, 15) is 18.4 Å². The Morgan fingerprint density at radius 3 is 2.57 bits per heavy atom. The number of aryl methyl sites for hydroxylation is 1. The molecule has 8 heteroatoms. The first-order valence-electron chi connectivity index (χ1n) is 6.14. The number of hydrogen-bond donors (Lipinski definition) is 3. The van der Waals surface area contributed by atoms with Crippen LogP contribution in [0.4, 0.5) is 19.3 Å². The molecule has 0 radical (unpaired) electrons. The predicted molar refractivity (Wildman–Crippen MR) is 71.8 cm³/mol. The molecule has 0 bridgehead atoms. The van der Waals surface area contributed by atoms with E-state index in [0.717, 1.165) is 4.90 Å². The Morgan fingerprint density at radius 2 is 2.05 bits per heavy atom. The van der Waals surface area contributed by atoms with Gasteiger partial charge in [-0.05, 0) is 19.1 Å². The molecule has 1 rings (SSSR count). The highest BCUT2D eigenvalue weighted by Crippen LogP contribution is 2.18. The fraction of sp³-hybridized carbons (Fsp3) is 0.385. The van der Waals surface area contributed by atoms with Crippen molar-refractivity contribution < 1.29 is 28.6 Å². The van der Waals surface area contributed by atoms with Crippen LogP contribution >= 0.6 is 0 Å². The molecule has 0 atom stereocenters. The quantitative estimate of drug-likeness (QED) is 0.747.